The second-order valence-electron chi connectivity index (χ2n) is 4.39. The molecule has 112 valence electrons. The number of rotatable bonds is 6. The second-order valence-corrected chi connectivity index (χ2v) is 4.79. The monoisotopic (exact) mass is 311 g/mol. The molecule has 0 unspecified atom stereocenters. The van der Waals surface area contributed by atoms with E-state index in [4.69, 9.17) is 20.8 Å². The van der Waals surface area contributed by atoms with Crippen LogP contribution in [0.1, 0.15) is 29.7 Å². The number of carbonyl (C=O) groups excluding carboxylic acids is 1. The van der Waals surface area contributed by atoms with Crippen LogP contribution in [0.2, 0.25) is 5.02 Å². The van der Waals surface area contributed by atoms with E-state index in [2.05, 4.69) is 5.32 Å². The summed E-state index contributed by atoms with van der Waals surface area (Å²) in [5.74, 6) is 0.374. The molecule has 2 rings (SSSR count). The third-order valence-electron chi connectivity index (χ3n) is 2.68. The average molecular weight is 312 g/mol. The van der Waals surface area contributed by atoms with Crippen LogP contribution in [0.15, 0.2) is 34.7 Å². The summed E-state index contributed by atoms with van der Waals surface area (Å²) in [7, 11) is 0. The lowest BCUT2D eigenvalue weighted by Gasteiger charge is -2.06. The van der Waals surface area contributed by atoms with E-state index in [0.29, 0.717) is 18.1 Å². The van der Waals surface area contributed by atoms with Crippen molar-refractivity contribution < 1.29 is 18.3 Å². The third-order valence-corrected chi connectivity index (χ3v) is 2.98. The molecule has 0 atom stereocenters. The Hall–Kier alpha value is -2.01. The molecule has 0 fully saturated rings. The highest BCUT2D eigenvalue weighted by atomic mass is 35.5. The Bertz CT molecular complexity index is 627. The fourth-order valence-corrected chi connectivity index (χ4v) is 1.87. The van der Waals surface area contributed by atoms with Crippen molar-refractivity contribution in [3.05, 3.63) is 52.7 Å². The Kier molecular flexibility index (Phi) is 5.22. The van der Waals surface area contributed by atoms with Gasteiger partial charge in [0.15, 0.2) is 5.76 Å². The van der Waals surface area contributed by atoms with Gasteiger partial charge in [0.2, 0.25) is 0 Å². The molecule has 1 heterocycles. The number of hydrogen-bond donors (Lipinski definition) is 1. The molecule has 1 amide bonds. The highest BCUT2D eigenvalue weighted by molar-refractivity contribution is 6.32. The van der Waals surface area contributed by atoms with Crippen molar-refractivity contribution in [1.29, 1.82) is 0 Å². The Morgan fingerprint density at radius 3 is 2.90 bits per heavy atom. The number of nitrogens with one attached hydrogen (secondary N) is 1. The van der Waals surface area contributed by atoms with E-state index >= 15 is 0 Å². The van der Waals surface area contributed by atoms with E-state index in [0.717, 1.165) is 6.42 Å². The van der Waals surface area contributed by atoms with Gasteiger partial charge in [0.1, 0.15) is 23.9 Å². The van der Waals surface area contributed by atoms with E-state index in [1.54, 1.807) is 12.1 Å². The van der Waals surface area contributed by atoms with E-state index in [1.807, 2.05) is 6.92 Å². The minimum atomic E-state index is -0.430. The zero-order chi connectivity index (χ0) is 15.2. The molecule has 0 saturated heterocycles. The Balaban J connectivity index is 1.95. The summed E-state index contributed by atoms with van der Waals surface area (Å²) < 4.78 is 23.7. The highest BCUT2D eigenvalue weighted by Crippen LogP contribution is 2.25. The summed E-state index contributed by atoms with van der Waals surface area (Å²) in [5.41, 5.74) is 0. The standard InChI is InChI=1S/C15H15ClFNO3/c1-2-7-18-15(19)14-6-4-11(21-14)9-20-13-5-3-10(17)8-12(13)16/h3-6,8H,2,7,9H2,1H3,(H,18,19). The molecule has 0 bridgehead atoms. The maximum Gasteiger partial charge on any atom is 0.286 e. The van der Waals surface area contributed by atoms with Crippen molar-refractivity contribution in [2.24, 2.45) is 0 Å². The van der Waals surface area contributed by atoms with Gasteiger partial charge < -0.3 is 14.5 Å². The van der Waals surface area contributed by atoms with Crippen LogP contribution in [-0.2, 0) is 6.61 Å². The predicted octanol–water partition coefficient (Wildman–Crippen LogP) is 3.79. The quantitative estimate of drug-likeness (QED) is 0.883. The molecule has 2 aromatic rings. The van der Waals surface area contributed by atoms with Crippen LogP contribution in [0.25, 0.3) is 0 Å². The first-order chi connectivity index (χ1) is 10.1. The summed E-state index contributed by atoms with van der Waals surface area (Å²) in [6.07, 6.45) is 0.853. The van der Waals surface area contributed by atoms with Gasteiger partial charge in [-0.2, -0.15) is 0 Å². The Morgan fingerprint density at radius 2 is 2.19 bits per heavy atom. The maximum atomic E-state index is 12.9. The number of hydrogen-bond acceptors (Lipinski definition) is 3. The zero-order valence-electron chi connectivity index (χ0n) is 11.5. The van der Waals surface area contributed by atoms with Gasteiger partial charge in [-0.3, -0.25) is 4.79 Å². The van der Waals surface area contributed by atoms with Crippen LogP contribution in [0.4, 0.5) is 4.39 Å². The fraction of sp³-hybridized carbons (Fsp3) is 0.267. The molecule has 1 aromatic heterocycles. The second kappa shape index (κ2) is 7.13. The van der Waals surface area contributed by atoms with Crippen LogP contribution >= 0.6 is 11.6 Å². The number of furan rings is 1. The lowest BCUT2D eigenvalue weighted by Crippen LogP contribution is -2.23. The van der Waals surface area contributed by atoms with Gasteiger partial charge in [0, 0.05) is 6.54 Å². The number of ether oxygens (including phenoxy) is 1. The molecule has 1 aromatic carbocycles. The van der Waals surface area contributed by atoms with Crippen molar-refractivity contribution in [1.82, 2.24) is 5.32 Å². The number of carbonyl (C=O) groups is 1. The number of halogens is 2. The number of benzene rings is 1. The van der Waals surface area contributed by atoms with E-state index in [1.165, 1.54) is 18.2 Å². The molecule has 0 aliphatic heterocycles. The van der Waals surface area contributed by atoms with Gasteiger partial charge in [0.05, 0.1) is 5.02 Å². The first-order valence-corrected chi connectivity index (χ1v) is 6.92. The molecular weight excluding hydrogens is 297 g/mol. The molecule has 6 heteroatoms. The summed E-state index contributed by atoms with van der Waals surface area (Å²) >= 11 is 5.85. The molecular formula is C15H15ClFNO3. The van der Waals surface area contributed by atoms with Gasteiger partial charge in [-0.05, 0) is 36.8 Å². The summed E-state index contributed by atoms with van der Waals surface area (Å²) in [6.45, 7) is 2.66. The molecule has 21 heavy (non-hydrogen) atoms. The molecule has 0 saturated carbocycles. The summed E-state index contributed by atoms with van der Waals surface area (Å²) in [5, 5.41) is 2.90. The van der Waals surface area contributed by atoms with Gasteiger partial charge in [-0.15, -0.1) is 0 Å². The van der Waals surface area contributed by atoms with Crippen molar-refractivity contribution >= 4 is 17.5 Å². The lowest BCUT2D eigenvalue weighted by atomic mass is 10.3. The van der Waals surface area contributed by atoms with Gasteiger partial charge in [0.25, 0.3) is 5.91 Å². The first-order valence-electron chi connectivity index (χ1n) is 6.55. The zero-order valence-corrected chi connectivity index (χ0v) is 12.2. The van der Waals surface area contributed by atoms with Crippen LogP contribution in [0, 0.1) is 5.82 Å². The summed E-state index contributed by atoms with van der Waals surface area (Å²) in [6, 6.07) is 7.10. The fourth-order valence-electron chi connectivity index (χ4n) is 1.64. The molecule has 0 aliphatic carbocycles. The van der Waals surface area contributed by atoms with Gasteiger partial charge in [-0.25, -0.2) is 4.39 Å². The van der Waals surface area contributed by atoms with Crippen LogP contribution in [0.3, 0.4) is 0 Å². The molecule has 1 N–H and O–H groups in total. The highest BCUT2D eigenvalue weighted by Gasteiger charge is 2.11. The normalized spacial score (nSPS) is 10.4. The molecule has 0 spiro atoms. The van der Waals surface area contributed by atoms with Gasteiger partial charge >= 0.3 is 0 Å². The first kappa shape index (κ1) is 15.4. The molecule has 0 aliphatic rings. The molecule has 4 nitrogen and oxygen atoms in total. The van der Waals surface area contributed by atoms with Crippen LogP contribution in [0.5, 0.6) is 5.75 Å². The van der Waals surface area contributed by atoms with Crippen molar-refractivity contribution in [3.8, 4) is 5.75 Å². The van der Waals surface area contributed by atoms with Gasteiger partial charge in [-0.1, -0.05) is 18.5 Å². The van der Waals surface area contributed by atoms with E-state index in [9.17, 15) is 9.18 Å². The van der Waals surface area contributed by atoms with Crippen molar-refractivity contribution in [2.45, 2.75) is 20.0 Å². The summed E-state index contributed by atoms with van der Waals surface area (Å²) in [4.78, 5) is 11.7. The van der Waals surface area contributed by atoms with E-state index < -0.39 is 5.82 Å². The maximum absolute atomic E-state index is 12.9. The average Bonchev–Trinajstić information content (AvgIpc) is 2.93. The Morgan fingerprint density at radius 1 is 1.38 bits per heavy atom. The third kappa shape index (κ3) is 4.23. The smallest absolute Gasteiger partial charge is 0.286 e. The van der Waals surface area contributed by atoms with Crippen LogP contribution < -0.4 is 10.1 Å². The SMILES string of the molecule is CCCNC(=O)c1ccc(COc2ccc(F)cc2Cl)o1. The topological polar surface area (TPSA) is 51.5 Å². The van der Waals surface area contributed by atoms with Crippen molar-refractivity contribution in [3.63, 3.8) is 0 Å². The molecule has 0 radical (unpaired) electrons. The van der Waals surface area contributed by atoms with E-state index in [-0.39, 0.29) is 23.3 Å². The van der Waals surface area contributed by atoms with Crippen molar-refractivity contribution in [2.75, 3.05) is 6.54 Å². The minimum Gasteiger partial charge on any atom is -0.484 e. The predicted molar refractivity (Wildman–Crippen MR) is 77.1 cm³/mol. The largest absolute Gasteiger partial charge is 0.484 e. The minimum absolute atomic E-state index is 0.104. The number of amides is 1. The Labute approximate surface area is 126 Å². The van der Waals surface area contributed by atoms with Crippen LogP contribution in [-0.4, -0.2) is 12.5 Å². The lowest BCUT2D eigenvalue weighted by molar-refractivity contribution is 0.0922.